The second kappa shape index (κ2) is 8.63. The van der Waals surface area contributed by atoms with Gasteiger partial charge in [-0.15, -0.1) is 0 Å². The molecule has 2 aromatic rings. The number of anilines is 1. The zero-order valence-electron chi connectivity index (χ0n) is 14.2. The first kappa shape index (κ1) is 18.2. The first-order valence-corrected chi connectivity index (χ1v) is 7.95. The fraction of sp³-hybridized carbons (Fsp3) is 0.211. The highest BCUT2D eigenvalue weighted by Gasteiger charge is 2.15. The van der Waals surface area contributed by atoms with Gasteiger partial charge in [0.05, 0.1) is 11.5 Å². The molecule has 0 aromatic heterocycles. The van der Waals surface area contributed by atoms with Crippen LogP contribution in [0.1, 0.15) is 18.9 Å². The Kier molecular flexibility index (Phi) is 6.28. The molecule has 6 heteroatoms. The molecule has 0 N–H and O–H groups in total. The summed E-state index contributed by atoms with van der Waals surface area (Å²) in [7, 11) is 1.67. The third-order valence-corrected chi connectivity index (χ3v) is 3.53. The van der Waals surface area contributed by atoms with Crippen molar-refractivity contribution in [3.63, 3.8) is 0 Å². The van der Waals surface area contributed by atoms with Gasteiger partial charge in [-0.2, -0.15) is 0 Å². The molecule has 0 aliphatic carbocycles. The lowest BCUT2D eigenvalue weighted by atomic mass is 10.1. The zero-order chi connectivity index (χ0) is 18.2. The van der Waals surface area contributed by atoms with Crippen LogP contribution >= 0.6 is 0 Å². The van der Waals surface area contributed by atoms with Gasteiger partial charge in [0.1, 0.15) is 0 Å². The maximum atomic E-state index is 12.2. The SMILES string of the molecule is CCCOc1ccc(/C=C/C(=O)N(C)c2ccccc2)cc1[N+](=O)[O-]. The van der Waals surface area contributed by atoms with Crippen LogP contribution in [0.2, 0.25) is 0 Å². The molecule has 0 heterocycles. The third-order valence-electron chi connectivity index (χ3n) is 3.53. The molecule has 0 radical (unpaired) electrons. The smallest absolute Gasteiger partial charge is 0.311 e. The van der Waals surface area contributed by atoms with E-state index >= 15 is 0 Å². The second-order valence-electron chi connectivity index (χ2n) is 5.40. The molecule has 0 atom stereocenters. The van der Waals surface area contributed by atoms with Crippen molar-refractivity contribution in [1.29, 1.82) is 0 Å². The highest BCUT2D eigenvalue weighted by molar-refractivity contribution is 6.03. The van der Waals surface area contributed by atoms with Gasteiger partial charge >= 0.3 is 5.69 Å². The van der Waals surface area contributed by atoms with Crippen LogP contribution in [0.25, 0.3) is 6.08 Å². The van der Waals surface area contributed by atoms with Crippen molar-refractivity contribution in [2.24, 2.45) is 0 Å². The molecule has 2 rings (SSSR count). The number of hydrogen-bond donors (Lipinski definition) is 0. The molecule has 0 fully saturated rings. The normalized spacial score (nSPS) is 10.6. The summed E-state index contributed by atoms with van der Waals surface area (Å²) in [6.07, 6.45) is 3.70. The van der Waals surface area contributed by atoms with E-state index < -0.39 is 4.92 Å². The number of para-hydroxylation sites is 1. The van der Waals surface area contributed by atoms with E-state index in [9.17, 15) is 14.9 Å². The van der Waals surface area contributed by atoms with Gasteiger partial charge in [-0.3, -0.25) is 14.9 Å². The van der Waals surface area contributed by atoms with Gasteiger partial charge in [-0.1, -0.05) is 31.2 Å². The van der Waals surface area contributed by atoms with E-state index in [2.05, 4.69) is 0 Å². The van der Waals surface area contributed by atoms with Crippen molar-refractivity contribution in [1.82, 2.24) is 0 Å². The van der Waals surface area contributed by atoms with E-state index in [1.54, 1.807) is 25.3 Å². The van der Waals surface area contributed by atoms with Gasteiger partial charge in [-0.25, -0.2) is 0 Å². The number of amides is 1. The first-order valence-electron chi connectivity index (χ1n) is 7.95. The standard InChI is InChI=1S/C19H20N2O4/c1-3-13-25-18-11-9-15(14-17(18)21(23)24)10-12-19(22)20(2)16-7-5-4-6-8-16/h4-12,14H,3,13H2,1-2H3/b12-10+. The zero-order valence-corrected chi connectivity index (χ0v) is 14.2. The Balaban J connectivity index is 2.16. The van der Waals surface area contributed by atoms with Gasteiger partial charge in [0.15, 0.2) is 5.75 Å². The maximum Gasteiger partial charge on any atom is 0.311 e. The van der Waals surface area contributed by atoms with Crippen LogP contribution in [0.5, 0.6) is 5.75 Å². The number of nitro groups is 1. The molecular formula is C19H20N2O4. The van der Waals surface area contributed by atoms with E-state index in [0.29, 0.717) is 12.2 Å². The van der Waals surface area contributed by atoms with Crippen LogP contribution < -0.4 is 9.64 Å². The van der Waals surface area contributed by atoms with Gasteiger partial charge in [0.2, 0.25) is 0 Å². The van der Waals surface area contributed by atoms with E-state index in [0.717, 1.165) is 12.1 Å². The molecule has 0 bridgehead atoms. The van der Waals surface area contributed by atoms with Gasteiger partial charge in [-0.05, 0) is 36.3 Å². The van der Waals surface area contributed by atoms with Crippen LogP contribution in [0, 0.1) is 10.1 Å². The maximum absolute atomic E-state index is 12.2. The third kappa shape index (κ3) is 4.91. The molecule has 2 aromatic carbocycles. The molecule has 0 saturated carbocycles. The van der Waals surface area contributed by atoms with Crippen LogP contribution in [0.3, 0.4) is 0 Å². The number of nitrogens with zero attached hydrogens (tertiary/aromatic N) is 2. The van der Waals surface area contributed by atoms with E-state index in [-0.39, 0.29) is 17.3 Å². The van der Waals surface area contributed by atoms with Crippen LogP contribution in [0.15, 0.2) is 54.6 Å². The summed E-state index contributed by atoms with van der Waals surface area (Å²) in [5, 5.41) is 11.2. The molecule has 25 heavy (non-hydrogen) atoms. The largest absolute Gasteiger partial charge is 0.487 e. The molecule has 6 nitrogen and oxygen atoms in total. The van der Waals surface area contributed by atoms with E-state index in [4.69, 9.17) is 4.74 Å². The number of carbonyl (C=O) groups is 1. The number of hydrogen-bond acceptors (Lipinski definition) is 4. The Labute approximate surface area is 146 Å². The Morgan fingerprint density at radius 3 is 2.60 bits per heavy atom. The molecule has 0 unspecified atom stereocenters. The molecule has 1 amide bonds. The number of rotatable bonds is 7. The summed E-state index contributed by atoms with van der Waals surface area (Å²) in [5.74, 6) is 0.0110. The number of ether oxygens (including phenoxy) is 1. The van der Waals surface area contributed by atoms with Crippen molar-refractivity contribution in [2.45, 2.75) is 13.3 Å². The Hall–Kier alpha value is -3.15. The highest BCUT2D eigenvalue weighted by Crippen LogP contribution is 2.28. The fourth-order valence-corrected chi connectivity index (χ4v) is 2.17. The predicted molar refractivity (Wildman–Crippen MR) is 97.8 cm³/mol. The summed E-state index contributed by atoms with van der Waals surface area (Å²) in [4.78, 5) is 24.4. The lowest BCUT2D eigenvalue weighted by Gasteiger charge is -2.14. The lowest BCUT2D eigenvalue weighted by Crippen LogP contribution is -2.23. The van der Waals surface area contributed by atoms with Crippen molar-refractivity contribution in [2.75, 3.05) is 18.6 Å². The topological polar surface area (TPSA) is 72.7 Å². The minimum atomic E-state index is -0.486. The van der Waals surface area contributed by atoms with E-state index in [1.165, 1.54) is 17.0 Å². The summed E-state index contributed by atoms with van der Waals surface area (Å²) < 4.78 is 5.38. The molecular weight excluding hydrogens is 320 g/mol. The molecule has 0 saturated heterocycles. The van der Waals surface area contributed by atoms with Gasteiger partial charge in [0.25, 0.3) is 5.91 Å². The minimum absolute atomic E-state index is 0.112. The van der Waals surface area contributed by atoms with Crippen molar-refractivity contribution < 1.29 is 14.5 Å². The number of nitro benzene ring substituents is 1. The Bertz CT molecular complexity index is 772. The Morgan fingerprint density at radius 2 is 1.96 bits per heavy atom. The highest BCUT2D eigenvalue weighted by atomic mass is 16.6. The number of likely N-dealkylation sites (N-methyl/N-ethyl adjacent to an activating group) is 1. The summed E-state index contributed by atoms with van der Waals surface area (Å²) >= 11 is 0. The minimum Gasteiger partial charge on any atom is -0.487 e. The lowest BCUT2D eigenvalue weighted by molar-refractivity contribution is -0.385. The molecule has 0 aliphatic heterocycles. The van der Waals surface area contributed by atoms with E-state index in [1.807, 2.05) is 37.3 Å². The average Bonchev–Trinajstić information content (AvgIpc) is 2.64. The number of benzene rings is 2. The van der Waals surface area contributed by atoms with Crippen molar-refractivity contribution in [3.8, 4) is 5.75 Å². The van der Waals surface area contributed by atoms with Crippen molar-refractivity contribution >= 4 is 23.4 Å². The van der Waals surface area contributed by atoms with Crippen LogP contribution in [-0.4, -0.2) is 24.5 Å². The molecule has 0 spiro atoms. The second-order valence-corrected chi connectivity index (χ2v) is 5.40. The molecule has 130 valence electrons. The Morgan fingerprint density at radius 1 is 1.24 bits per heavy atom. The average molecular weight is 340 g/mol. The first-order chi connectivity index (χ1) is 12.0. The quantitative estimate of drug-likeness (QED) is 0.433. The van der Waals surface area contributed by atoms with Crippen LogP contribution in [-0.2, 0) is 4.79 Å². The van der Waals surface area contributed by atoms with Gasteiger partial charge in [0, 0.05) is 24.9 Å². The summed E-state index contributed by atoms with van der Waals surface area (Å²) in [6, 6.07) is 13.9. The summed E-state index contributed by atoms with van der Waals surface area (Å²) in [6.45, 7) is 2.34. The van der Waals surface area contributed by atoms with Gasteiger partial charge < -0.3 is 9.64 Å². The van der Waals surface area contributed by atoms with Crippen LogP contribution in [0.4, 0.5) is 11.4 Å². The monoisotopic (exact) mass is 340 g/mol. The molecule has 0 aliphatic rings. The predicted octanol–water partition coefficient (Wildman–Crippen LogP) is 4.06. The number of carbonyl (C=O) groups excluding carboxylic acids is 1. The van der Waals surface area contributed by atoms with Crippen molar-refractivity contribution in [3.05, 3.63) is 70.3 Å². The summed E-state index contributed by atoms with van der Waals surface area (Å²) in [5.41, 5.74) is 1.22. The fourth-order valence-electron chi connectivity index (χ4n) is 2.17.